The third-order valence-corrected chi connectivity index (χ3v) is 5.50. The van der Waals surface area contributed by atoms with Gasteiger partial charge in [0.1, 0.15) is 0 Å². The zero-order chi connectivity index (χ0) is 18.4. The minimum Gasteiger partial charge on any atom is -0.381 e. The molecule has 6 nitrogen and oxygen atoms in total. The summed E-state index contributed by atoms with van der Waals surface area (Å²) in [5.41, 5.74) is 7.83. The van der Waals surface area contributed by atoms with Crippen LogP contribution in [0.25, 0.3) is 0 Å². The summed E-state index contributed by atoms with van der Waals surface area (Å²) in [4.78, 5) is 15.1. The van der Waals surface area contributed by atoms with Gasteiger partial charge in [0.2, 0.25) is 5.91 Å². The fourth-order valence-corrected chi connectivity index (χ4v) is 3.79. The van der Waals surface area contributed by atoms with Crippen molar-refractivity contribution in [3.8, 4) is 0 Å². The number of ether oxygens (including phenoxy) is 2. The van der Waals surface area contributed by atoms with Gasteiger partial charge in [-0.2, -0.15) is 0 Å². The van der Waals surface area contributed by atoms with Gasteiger partial charge in [0.05, 0.1) is 18.1 Å². The number of benzene rings is 1. The highest BCUT2D eigenvalue weighted by Gasteiger charge is 2.38. The zero-order valence-corrected chi connectivity index (χ0v) is 18.2. The second kappa shape index (κ2) is 12.0. The molecule has 1 amide bonds. The molecule has 0 bridgehead atoms. The molecule has 0 radical (unpaired) electrons. The van der Waals surface area contributed by atoms with Crippen LogP contribution in [-0.4, -0.2) is 56.4 Å². The number of hydrogen-bond acceptors (Lipinski definition) is 5. The van der Waals surface area contributed by atoms with Crippen molar-refractivity contribution in [2.45, 2.75) is 39.0 Å². The molecule has 1 unspecified atom stereocenters. The van der Waals surface area contributed by atoms with E-state index in [1.807, 2.05) is 0 Å². The first-order chi connectivity index (χ1) is 12.6. The number of halogens is 2. The minimum atomic E-state index is -0.472. The van der Waals surface area contributed by atoms with Gasteiger partial charge < -0.3 is 20.5 Å². The van der Waals surface area contributed by atoms with Crippen LogP contribution in [0.15, 0.2) is 24.3 Å². The van der Waals surface area contributed by atoms with Gasteiger partial charge in [0.25, 0.3) is 0 Å². The van der Waals surface area contributed by atoms with Gasteiger partial charge in [0, 0.05) is 45.9 Å². The zero-order valence-electron chi connectivity index (χ0n) is 16.5. The quantitative estimate of drug-likeness (QED) is 0.718. The molecule has 2 aliphatic rings. The lowest BCUT2D eigenvalue weighted by Crippen LogP contribution is -2.48. The molecule has 3 N–H and O–H groups in total. The Morgan fingerprint density at radius 2 is 1.96 bits per heavy atom. The average molecular weight is 434 g/mol. The van der Waals surface area contributed by atoms with E-state index in [2.05, 4.69) is 41.4 Å². The fourth-order valence-electron chi connectivity index (χ4n) is 3.79. The van der Waals surface area contributed by atoms with Gasteiger partial charge in [-0.15, -0.1) is 24.8 Å². The Labute approximate surface area is 180 Å². The molecule has 1 aromatic rings. The summed E-state index contributed by atoms with van der Waals surface area (Å²) in [5, 5.41) is 3.09. The molecule has 1 atom stereocenters. The second-order valence-corrected chi connectivity index (χ2v) is 7.52. The third kappa shape index (κ3) is 6.58. The molecule has 2 saturated heterocycles. The van der Waals surface area contributed by atoms with Crippen molar-refractivity contribution in [2.75, 3.05) is 39.5 Å². The molecular formula is C20H33Cl2N3O3. The Morgan fingerprint density at radius 3 is 2.64 bits per heavy atom. The third-order valence-electron chi connectivity index (χ3n) is 5.50. The Kier molecular flexibility index (Phi) is 10.7. The predicted molar refractivity (Wildman–Crippen MR) is 115 cm³/mol. The van der Waals surface area contributed by atoms with Crippen LogP contribution in [-0.2, 0) is 27.4 Å². The first-order valence-electron chi connectivity index (χ1n) is 9.59. The van der Waals surface area contributed by atoms with Crippen molar-refractivity contribution in [3.63, 3.8) is 0 Å². The smallest absolute Gasteiger partial charge is 0.227 e. The van der Waals surface area contributed by atoms with Crippen molar-refractivity contribution in [1.82, 2.24) is 10.2 Å². The predicted octanol–water partition coefficient (Wildman–Crippen LogP) is 2.12. The molecular weight excluding hydrogens is 401 g/mol. The van der Waals surface area contributed by atoms with E-state index in [1.54, 1.807) is 0 Å². The molecule has 3 rings (SSSR count). The molecule has 28 heavy (non-hydrogen) atoms. The fraction of sp³-hybridized carbons (Fsp3) is 0.650. The van der Waals surface area contributed by atoms with E-state index in [1.165, 1.54) is 5.56 Å². The topological polar surface area (TPSA) is 76.8 Å². The van der Waals surface area contributed by atoms with E-state index in [4.69, 9.17) is 15.2 Å². The van der Waals surface area contributed by atoms with Gasteiger partial charge in [-0.3, -0.25) is 9.69 Å². The number of nitrogens with zero attached hydrogens (tertiary/aromatic N) is 1. The number of nitrogens with one attached hydrogen (secondary N) is 1. The van der Waals surface area contributed by atoms with Crippen LogP contribution in [0.1, 0.15) is 30.9 Å². The largest absolute Gasteiger partial charge is 0.381 e. The van der Waals surface area contributed by atoms with Crippen LogP contribution in [0, 0.1) is 5.41 Å². The Bertz CT molecular complexity index is 612. The van der Waals surface area contributed by atoms with Crippen LogP contribution in [0.4, 0.5) is 0 Å². The Hall–Kier alpha value is -0.890. The lowest BCUT2D eigenvalue weighted by atomic mass is 9.79. The maximum atomic E-state index is 12.7. The molecule has 0 aliphatic carbocycles. The normalized spacial score (nSPS) is 21.9. The number of morpholine rings is 1. The van der Waals surface area contributed by atoms with Gasteiger partial charge in [-0.25, -0.2) is 0 Å². The van der Waals surface area contributed by atoms with Crippen molar-refractivity contribution in [1.29, 1.82) is 0 Å². The lowest BCUT2D eigenvalue weighted by Gasteiger charge is -2.34. The Balaban J connectivity index is 0.00000196. The minimum absolute atomic E-state index is 0. The van der Waals surface area contributed by atoms with Crippen LogP contribution >= 0.6 is 24.8 Å². The van der Waals surface area contributed by atoms with E-state index in [0.29, 0.717) is 39.1 Å². The van der Waals surface area contributed by atoms with Crippen LogP contribution < -0.4 is 11.1 Å². The molecule has 0 saturated carbocycles. The molecule has 2 fully saturated rings. The van der Waals surface area contributed by atoms with Crippen molar-refractivity contribution < 1.29 is 14.3 Å². The van der Waals surface area contributed by atoms with Gasteiger partial charge >= 0.3 is 0 Å². The number of amides is 1. The molecule has 2 heterocycles. The van der Waals surface area contributed by atoms with E-state index < -0.39 is 5.41 Å². The van der Waals surface area contributed by atoms with Crippen LogP contribution in [0.2, 0.25) is 0 Å². The van der Waals surface area contributed by atoms with Crippen molar-refractivity contribution in [3.05, 3.63) is 35.4 Å². The number of carbonyl (C=O) groups excluding carboxylic acids is 1. The maximum Gasteiger partial charge on any atom is 0.227 e. The Morgan fingerprint density at radius 1 is 1.25 bits per heavy atom. The standard InChI is InChI=1S/C20H31N3O3.2ClH/c1-16-13-23(7-10-26-16)14-18-4-2-3-17(11-18)12-22-19(24)20(15-21)5-8-25-9-6-20;;/h2-4,11,16H,5-10,12-15,21H2,1H3,(H,22,24);2*1H. The second-order valence-electron chi connectivity index (χ2n) is 7.52. The molecule has 2 aliphatic heterocycles. The highest BCUT2D eigenvalue weighted by molar-refractivity contribution is 5.85. The molecule has 1 aromatic carbocycles. The summed E-state index contributed by atoms with van der Waals surface area (Å²) in [6.45, 7) is 7.87. The van der Waals surface area contributed by atoms with Crippen LogP contribution in [0.3, 0.4) is 0 Å². The number of nitrogens with two attached hydrogens (primary N) is 1. The lowest BCUT2D eigenvalue weighted by molar-refractivity contribution is -0.136. The number of rotatable bonds is 6. The van der Waals surface area contributed by atoms with E-state index >= 15 is 0 Å². The monoisotopic (exact) mass is 433 g/mol. The first-order valence-corrected chi connectivity index (χ1v) is 9.59. The summed E-state index contributed by atoms with van der Waals surface area (Å²) >= 11 is 0. The highest BCUT2D eigenvalue weighted by Crippen LogP contribution is 2.29. The van der Waals surface area contributed by atoms with E-state index in [0.717, 1.165) is 31.8 Å². The van der Waals surface area contributed by atoms with Gasteiger partial charge in [-0.05, 0) is 30.9 Å². The summed E-state index contributed by atoms with van der Waals surface area (Å²) in [6, 6.07) is 8.45. The number of carbonyl (C=O) groups is 1. The maximum absolute atomic E-state index is 12.7. The summed E-state index contributed by atoms with van der Waals surface area (Å²) in [7, 11) is 0. The van der Waals surface area contributed by atoms with E-state index in [-0.39, 0.29) is 36.8 Å². The summed E-state index contributed by atoms with van der Waals surface area (Å²) in [6.07, 6.45) is 1.69. The van der Waals surface area contributed by atoms with Crippen molar-refractivity contribution >= 4 is 30.7 Å². The van der Waals surface area contributed by atoms with Gasteiger partial charge in [-0.1, -0.05) is 24.3 Å². The van der Waals surface area contributed by atoms with E-state index in [9.17, 15) is 4.79 Å². The van der Waals surface area contributed by atoms with Crippen LogP contribution in [0.5, 0.6) is 0 Å². The number of hydrogen-bond donors (Lipinski definition) is 2. The molecule has 0 spiro atoms. The van der Waals surface area contributed by atoms with Crippen molar-refractivity contribution in [2.24, 2.45) is 11.1 Å². The summed E-state index contributed by atoms with van der Waals surface area (Å²) in [5.74, 6) is 0.0516. The first kappa shape index (κ1) is 25.1. The molecule has 160 valence electrons. The highest BCUT2D eigenvalue weighted by atomic mass is 35.5. The molecule has 0 aromatic heterocycles. The molecule has 8 heteroatoms. The summed E-state index contributed by atoms with van der Waals surface area (Å²) < 4.78 is 11.0. The average Bonchev–Trinajstić information content (AvgIpc) is 2.67. The SMILES string of the molecule is CC1CN(Cc2cccc(CNC(=O)C3(CN)CCOCC3)c2)CCO1.Cl.Cl. The van der Waals surface area contributed by atoms with Gasteiger partial charge in [0.15, 0.2) is 0 Å².